The maximum absolute atomic E-state index is 12.5. The van der Waals surface area contributed by atoms with Gasteiger partial charge in [0.1, 0.15) is 0 Å². The van der Waals surface area contributed by atoms with Crippen LogP contribution in [0, 0.1) is 0 Å². The summed E-state index contributed by atoms with van der Waals surface area (Å²) in [6.07, 6.45) is 1.72. The number of nitrogens with one attached hydrogen (secondary N) is 2. The van der Waals surface area contributed by atoms with Gasteiger partial charge in [-0.2, -0.15) is 4.31 Å². The van der Waals surface area contributed by atoms with E-state index >= 15 is 0 Å². The van der Waals surface area contributed by atoms with Crippen molar-refractivity contribution in [1.29, 1.82) is 0 Å². The fraction of sp³-hybridized carbons (Fsp3) is 0.300. The second kappa shape index (κ2) is 8.62. The molecule has 2 N–H and O–H groups in total. The minimum absolute atomic E-state index is 0.154. The summed E-state index contributed by atoms with van der Waals surface area (Å²) in [6, 6.07) is 12.6. The number of anilines is 1. The van der Waals surface area contributed by atoms with E-state index in [1.807, 2.05) is 19.0 Å². The van der Waals surface area contributed by atoms with E-state index in [9.17, 15) is 18.0 Å². The second-order valence-corrected chi connectivity index (χ2v) is 8.92. The number of benzene rings is 2. The van der Waals surface area contributed by atoms with Crippen molar-refractivity contribution in [2.24, 2.45) is 0 Å². The van der Waals surface area contributed by atoms with Gasteiger partial charge in [-0.25, -0.2) is 8.42 Å². The van der Waals surface area contributed by atoms with E-state index in [1.54, 1.807) is 24.3 Å². The first kappa shape index (κ1) is 20.8. The van der Waals surface area contributed by atoms with Crippen LogP contribution in [0.4, 0.5) is 5.69 Å². The van der Waals surface area contributed by atoms with Crippen molar-refractivity contribution in [1.82, 2.24) is 15.2 Å². The van der Waals surface area contributed by atoms with E-state index in [-0.39, 0.29) is 10.5 Å². The average Bonchev–Trinajstić information content (AvgIpc) is 3.27. The molecule has 0 aliphatic carbocycles. The number of rotatable bonds is 5. The molecule has 1 saturated heterocycles. The van der Waals surface area contributed by atoms with Crippen molar-refractivity contribution in [2.75, 3.05) is 32.1 Å². The van der Waals surface area contributed by atoms with Gasteiger partial charge in [0.15, 0.2) is 0 Å². The van der Waals surface area contributed by atoms with E-state index in [4.69, 9.17) is 0 Å². The Bertz CT molecular complexity index is 980. The third-order valence-corrected chi connectivity index (χ3v) is 6.67. The van der Waals surface area contributed by atoms with Crippen molar-refractivity contribution in [3.63, 3.8) is 0 Å². The van der Waals surface area contributed by atoms with E-state index in [2.05, 4.69) is 10.9 Å². The quantitative estimate of drug-likeness (QED) is 0.722. The van der Waals surface area contributed by atoms with Gasteiger partial charge in [0.2, 0.25) is 10.0 Å². The summed E-state index contributed by atoms with van der Waals surface area (Å²) in [4.78, 5) is 26.5. The summed E-state index contributed by atoms with van der Waals surface area (Å²) in [6.45, 7) is 1.04. The molecular formula is C20H24N4O4S. The molecule has 1 aliphatic rings. The SMILES string of the molecule is CN(C)c1ccc(C(=O)NNC(=O)c2ccc(S(=O)(=O)N3CCCC3)cc2)cc1. The second-order valence-electron chi connectivity index (χ2n) is 6.99. The van der Waals surface area contributed by atoms with Gasteiger partial charge in [-0.15, -0.1) is 0 Å². The van der Waals surface area contributed by atoms with Gasteiger partial charge < -0.3 is 4.90 Å². The Hall–Kier alpha value is -2.91. The normalized spacial score (nSPS) is 14.4. The van der Waals surface area contributed by atoms with Crippen LogP contribution in [0.2, 0.25) is 0 Å². The highest BCUT2D eigenvalue weighted by Crippen LogP contribution is 2.21. The molecule has 0 atom stereocenters. The molecule has 0 unspecified atom stereocenters. The number of hydrazine groups is 1. The van der Waals surface area contributed by atoms with Gasteiger partial charge >= 0.3 is 0 Å². The highest BCUT2D eigenvalue weighted by molar-refractivity contribution is 7.89. The number of carbonyl (C=O) groups excluding carboxylic acids is 2. The molecule has 1 aliphatic heterocycles. The molecule has 2 amide bonds. The maximum Gasteiger partial charge on any atom is 0.269 e. The third-order valence-electron chi connectivity index (χ3n) is 4.75. The fourth-order valence-electron chi connectivity index (χ4n) is 3.02. The van der Waals surface area contributed by atoms with Crippen LogP contribution >= 0.6 is 0 Å². The van der Waals surface area contributed by atoms with Crippen molar-refractivity contribution >= 4 is 27.5 Å². The number of amides is 2. The van der Waals surface area contributed by atoms with Crippen LogP contribution < -0.4 is 15.8 Å². The lowest BCUT2D eigenvalue weighted by Crippen LogP contribution is -2.41. The first-order chi connectivity index (χ1) is 13.8. The lowest BCUT2D eigenvalue weighted by atomic mass is 10.2. The molecule has 0 aromatic heterocycles. The number of sulfonamides is 1. The fourth-order valence-corrected chi connectivity index (χ4v) is 4.54. The number of carbonyl (C=O) groups is 2. The molecule has 2 aromatic rings. The third kappa shape index (κ3) is 4.75. The van der Waals surface area contributed by atoms with Crippen LogP contribution in [0.15, 0.2) is 53.4 Å². The zero-order valence-corrected chi connectivity index (χ0v) is 17.2. The lowest BCUT2D eigenvalue weighted by molar-refractivity contribution is 0.0846. The summed E-state index contributed by atoms with van der Waals surface area (Å²) in [5, 5.41) is 0. The molecule has 1 fully saturated rings. The van der Waals surface area contributed by atoms with Crippen molar-refractivity contribution in [3.8, 4) is 0 Å². The molecule has 0 saturated carbocycles. The number of hydrogen-bond acceptors (Lipinski definition) is 5. The van der Waals surface area contributed by atoms with Gasteiger partial charge in [0.25, 0.3) is 11.8 Å². The van der Waals surface area contributed by atoms with Gasteiger partial charge in [0.05, 0.1) is 4.90 Å². The van der Waals surface area contributed by atoms with E-state index in [0.717, 1.165) is 18.5 Å². The molecule has 0 bridgehead atoms. The van der Waals surface area contributed by atoms with Gasteiger partial charge in [-0.05, 0) is 61.4 Å². The zero-order chi connectivity index (χ0) is 21.0. The largest absolute Gasteiger partial charge is 0.378 e. The topological polar surface area (TPSA) is 98.8 Å². The molecule has 0 radical (unpaired) electrons. The Morgan fingerprint density at radius 3 is 1.72 bits per heavy atom. The Balaban J connectivity index is 1.60. The Morgan fingerprint density at radius 1 is 0.828 bits per heavy atom. The van der Waals surface area contributed by atoms with Gasteiger partial charge in [-0.3, -0.25) is 20.4 Å². The monoisotopic (exact) mass is 416 g/mol. The highest BCUT2D eigenvalue weighted by atomic mass is 32.2. The molecule has 9 heteroatoms. The molecule has 2 aromatic carbocycles. The molecule has 29 heavy (non-hydrogen) atoms. The lowest BCUT2D eigenvalue weighted by Gasteiger charge is -2.15. The van der Waals surface area contributed by atoms with Crippen LogP contribution in [0.3, 0.4) is 0 Å². The summed E-state index contributed by atoms with van der Waals surface area (Å²) in [7, 11) is 0.275. The van der Waals surface area contributed by atoms with Crippen LogP contribution in [0.25, 0.3) is 0 Å². The summed E-state index contributed by atoms with van der Waals surface area (Å²) < 4.78 is 26.5. The molecule has 0 spiro atoms. The number of hydrogen-bond donors (Lipinski definition) is 2. The Labute approximate surface area is 170 Å². The van der Waals surface area contributed by atoms with Crippen molar-refractivity contribution in [2.45, 2.75) is 17.7 Å². The predicted octanol–water partition coefficient (Wildman–Crippen LogP) is 1.61. The van der Waals surface area contributed by atoms with Gasteiger partial charge in [-0.1, -0.05) is 0 Å². The summed E-state index contributed by atoms with van der Waals surface area (Å²) >= 11 is 0. The standard InChI is InChI=1S/C20H24N4O4S/c1-23(2)17-9-5-15(6-10-17)19(25)21-22-20(26)16-7-11-18(12-8-16)29(27,28)24-13-3-4-14-24/h5-12H,3-4,13-14H2,1-2H3,(H,21,25)(H,22,26). The minimum Gasteiger partial charge on any atom is -0.378 e. The first-order valence-corrected chi connectivity index (χ1v) is 10.7. The minimum atomic E-state index is -3.52. The first-order valence-electron chi connectivity index (χ1n) is 9.27. The van der Waals surface area contributed by atoms with Crippen LogP contribution in [-0.4, -0.2) is 51.7 Å². The van der Waals surface area contributed by atoms with Crippen molar-refractivity contribution in [3.05, 3.63) is 59.7 Å². The van der Waals surface area contributed by atoms with Crippen molar-refractivity contribution < 1.29 is 18.0 Å². The predicted molar refractivity (Wildman–Crippen MR) is 110 cm³/mol. The van der Waals surface area contributed by atoms with E-state index < -0.39 is 21.8 Å². The molecule has 3 rings (SSSR count). The average molecular weight is 417 g/mol. The molecule has 1 heterocycles. The maximum atomic E-state index is 12.5. The molecule has 154 valence electrons. The smallest absolute Gasteiger partial charge is 0.269 e. The Kier molecular flexibility index (Phi) is 6.19. The van der Waals surface area contributed by atoms with Crippen LogP contribution in [0.5, 0.6) is 0 Å². The highest BCUT2D eigenvalue weighted by Gasteiger charge is 2.27. The Morgan fingerprint density at radius 2 is 1.28 bits per heavy atom. The van der Waals surface area contributed by atoms with Crippen LogP contribution in [0.1, 0.15) is 33.6 Å². The van der Waals surface area contributed by atoms with E-state index in [0.29, 0.717) is 18.7 Å². The van der Waals surface area contributed by atoms with Gasteiger partial charge in [0, 0.05) is 44.0 Å². The summed E-state index contributed by atoms with van der Waals surface area (Å²) in [5.74, 6) is -0.981. The number of nitrogens with zero attached hydrogens (tertiary/aromatic N) is 2. The molecule has 8 nitrogen and oxygen atoms in total. The van der Waals surface area contributed by atoms with E-state index in [1.165, 1.54) is 28.6 Å². The zero-order valence-electron chi connectivity index (χ0n) is 16.4. The van der Waals surface area contributed by atoms with Crippen LogP contribution in [-0.2, 0) is 10.0 Å². The summed E-state index contributed by atoms with van der Waals surface area (Å²) in [5.41, 5.74) is 6.30. The molecular weight excluding hydrogens is 392 g/mol.